The Labute approximate surface area is 170 Å². The van der Waals surface area contributed by atoms with Crippen LogP contribution in [0.25, 0.3) is 11.1 Å². The molecular formula is C22H21N3O2S. The van der Waals surface area contributed by atoms with Crippen molar-refractivity contribution < 1.29 is 10.2 Å². The third-order valence-electron chi connectivity index (χ3n) is 3.91. The Bertz CT molecular complexity index is 944. The van der Waals surface area contributed by atoms with Crippen molar-refractivity contribution in [3.05, 3.63) is 78.1 Å². The van der Waals surface area contributed by atoms with Gasteiger partial charge >= 0.3 is 0 Å². The van der Waals surface area contributed by atoms with E-state index >= 15 is 0 Å². The van der Waals surface area contributed by atoms with Gasteiger partial charge in [-0.25, -0.2) is 0 Å². The first-order valence-corrected chi connectivity index (χ1v) is 8.92. The highest BCUT2D eigenvalue weighted by atomic mass is 32.1. The second kappa shape index (κ2) is 10.7. The largest absolute Gasteiger partial charge is 0.507 e. The summed E-state index contributed by atoms with van der Waals surface area (Å²) in [7, 11) is 1.80. The Hall–Kier alpha value is -3.40. The van der Waals surface area contributed by atoms with Crippen molar-refractivity contribution in [2.45, 2.75) is 0 Å². The Morgan fingerprint density at radius 2 is 1.93 bits per heavy atom. The van der Waals surface area contributed by atoms with E-state index in [1.165, 1.54) is 17.6 Å². The molecule has 0 aliphatic carbocycles. The number of allylic oxidation sites excluding steroid dienone is 1. The number of hydrogen-bond acceptors (Lipinski definition) is 4. The van der Waals surface area contributed by atoms with E-state index in [1.54, 1.807) is 11.9 Å². The first-order valence-electron chi connectivity index (χ1n) is 8.45. The number of aliphatic hydroxyl groups excluding tert-OH is 2. The predicted octanol–water partition coefficient (Wildman–Crippen LogP) is 3.64. The van der Waals surface area contributed by atoms with E-state index in [9.17, 15) is 5.11 Å². The van der Waals surface area contributed by atoms with Crippen molar-refractivity contribution in [2.24, 2.45) is 5.10 Å². The minimum atomic E-state index is -0.338. The number of thiocarbonyl (C=S) groups is 1. The Kier molecular flexibility index (Phi) is 7.97. The van der Waals surface area contributed by atoms with Gasteiger partial charge in [0.25, 0.3) is 0 Å². The highest BCUT2D eigenvalue weighted by molar-refractivity contribution is 7.78. The molecule has 2 rings (SSSR count). The molecule has 3 N–H and O–H groups in total. The zero-order valence-electron chi connectivity index (χ0n) is 15.4. The molecule has 6 heteroatoms. The lowest BCUT2D eigenvalue weighted by Gasteiger charge is -2.23. The highest BCUT2D eigenvalue weighted by Gasteiger charge is 2.18. The summed E-state index contributed by atoms with van der Waals surface area (Å²) < 4.78 is 0. The summed E-state index contributed by atoms with van der Waals surface area (Å²) in [6, 6.07) is 17.9. The molecule has 0 spiro atoms. The highest BCUT2D eigenvalue weighted by Crippen LogP contribution is 2.26. The fraction of sp³-hybridized carbons (Fsp3) is 0.0909. The lowest BCUT2D eigenvalue weighted by Crippen LogP contribution is -2.31. The monoisotopic (exact) mass is 391 g/mol. The zero-order chi connectivity index (χ0) is 20.4. The van der Waals surface area contributed by atoms with Gasteiger partial charge in [0.1, 0.15) is 5.76 Å². The molecule has 0 heterocycles. The molecule has 0 aliphatic rings. The second-order valence-electron chi connectivity index (χ2n) is 5.65. The molecule has 2 aromatic carbocycles. The minimum Gasteiger partial charge on any atom is -0.507 e. The summed E-state index contributed by atoms with van der Waals surface area (Å²) in [5.41, 5.74) is 7.06. The van der Waals surface area contributed by atoms with Gasteiger partial charge in [-0.2, -0.15) is 5.10 Å². The number of likely N-dealkylation sites (N-methyl/N-ethyl adjacent to an activating group) is 1. The smallest absolute Gasteiger partial charge is 0.164 e. The standard InChI is InChI=1S/C22H21N3O2S/c1-3-8-20(21(27)13-14-26)22(24-23-16-28)25(2)19-12-7-11-18(15-19)17-9-5-4-6-10-17/h1,4-13,15-16,26-27H,14H2,2H3,(H,23,28)/b20-8+,21-13+,24-22-. The van der Waals surface area contributed by atoms with Gasteiger partial charge in [0.05, 0.1) is 17.7 Å². The molecule has 0 radical (unpaired) electrons. The van der Waals surface area contributed by atoms with Gasteiger partial charge in [0.15, 0.2) is 5.84 Å². The van der Waals surface area contributed by atoms with Crippen LogP contribution in [0.3, 0.4) is 0 Å². The summed E-state index contributed by atoms with van der Waals surface area (Å²) >= 11 is 4.79. The summed E-state index contributed by atoms with van der Waals surface area (Å²) in [4.78, 5) is 1.77. The zero-order valence-corrected chi connectivity index (χ0v) is 16.2. The van der Waals surface area contributed by atoms with Crippen LogP contribution in [0.4, 0.5) is 5.69 Å². The van der Waals surface area contributed by atoms with Crippen LogP contribution < -0.4 is 10.3 Å². The van der Waals surface area contributed by atoms with Gasteiger partial charge in [0, 0.05) is 18.8 Å². The number of nitrogens with one attached hydrogen (secondary N) is 1. The number of terminal acetylenes is 1. The molecule has 142 valence electrons. The normalized spacial score (nSPS) is 12.2. The molecule has 0 bridgehead atoms. The van der Waals surface area contributed by atoms with E-state index in [0.29, 0.717) is 5.84 Å². The molecule has 0 aliphatic heterocycles. The fourth-order valence-corrected chi connectivity index (χ4v) is 2.64. The molecule has 0 amide bonds. The number of anilines is 1. The second-order valence-corrected chi connectivity index (χ2v) is 5.89. The van der Waals surface area contributed by atoms with Crippen LogP contribution in [0.1, 0.15) is 0 Å². The average molecular weight is 391 g/mol. The van der Waals surface area contributed by atoms with E-state index in [1.807, 2.05) is 54.6 Å². The number of rotatable bonds is 7. The van der Waals surface area contributed by atoms with Crippen LogP contribution >= 0.6 is 12.2 Å². The van der Waals surface area contributed by atoms with Gasteiger partial charge in [-0.05, 0) is 29.3 Å². The van der Waals surface area contributed by atoms with E-state index in [-0.39, 0.29) is 17.9 Å². The van der Waals surface area contributed by atoms with Crippen molar-refractivity contribution >= 4 is 29.2 Å². The van der Waals surface area contributed by atoms with Gasteiger partial charge < -0.3 is 15.1 Å². The number of aliphatic hydroxyl groups is 2. The number of hydrazone groups is 1. The van der Waals surface area contributed by atoms with E-state index in [4.69, 9.17) is 23.7 Å². The van der Waals surface area contributed by atoms with Crippen LogP contribution in [0.15, 0.2) is 83.2 Å². The van der Waals surface area contributed by atoms with Crippen LogP contribution in [-0.4, -0.2) is 35.2 Å². The Morgan fingerprint density at radius 1 is 1.21 bits per heavy atom. The quantitative estimate of drug-likeness (QED) is 0.128. The maximum absolute atomic E-state index is 10.3. The lowest BCUT2D eigenvalue weighted by atomic mass is 10.0. The number of benzene rings is 2. The van der Waals surface area contributed by atoms with Gasteiger partial charge in [-0.3, -0.25) is 5.43 Å². The maximum Gasteiger partial charge on any atom is 0.164 e. The summed E-state index contributed by atoms with van der Waals surface area (Å²) in [6.07, 6.45) is 8.04. The van der Waals surface area contributed by atoms with Crippen molar-refractivity contribution in [1.29, 1.82) is 0 Å². The van der Waals surface area contributed by atoms with Crippen LogP contribution in [0.5, 0.6) is 0 Å². The summed E-state index contributed by atoms with van der Waals surface area (Å²) in [6.45, 7) is -0.338. The molecule has 0 fully saturated rings. The predicted molar refractivity (Wildman–Crippen MR) is 119 cm³/mol. The number of amidine groups is 1. The molecule has 0 atom stereocenters. The van der Waals surface area contributed by atoms with Gasteiger partial charge in [-0.15, -0.1) is 6.42 Å². The topological polar surface area (TPSA) is 68.1 Å². The molecule has 5 nitrogen and oxygen atoms in total. The first-order chi connectivity index (χ1) is 13.6. The van der Waals surface area contributed by atoms with E-state index in [0.717, 1.165) is 16.8 Å². The molecule has 2 aromatic rings. The fourth-order valence-electron chi connectivity index (χ4n) is 2.58. The average Bonchev–Trinajstić information content (AvgIpc) is 2.74. The number of nitrogens with zero attached hydrogens (tertiary/aromatic N) is 2. The molecule has 0 saturated heterocycles. The van der Waals surface area contributed by atoms with Gasteiger partial charge in [-0.1, -0.05) is 60.6 Å². The molecule has 28 heavy (non-hydrogen) atoms. The molecular weight excluding hydrogens is 370 g/mol. The molecule has 0 aromatic heterocycles. The first kappa shape index (κ1) is 20.9. The van der Waals surface area contributed by atoms with Gasteiger partial charge in [0.2, 0.25) is 0 Å². The van der Waals surface area contributed by atoms with Crippen molar-refractivity contribution in [2.75, 3.05) is 18.6 Å². The Morgan fingerprint density at radius 3 is 2.57 bits per heavy atom. The SMILES string of the molecule is C#C/C=C(C(=N/NC=S)/N(C)c1cccc(-c2ccccc2)c1)\C(O)=C/CO. The number of hydrogen-bond donors (Lipinski definition) is 3. The van der Waals surface area contributed by atoms with Crippen LogP contribution in [0, 0.1) is 12.3 Å². The van der Waals surface area contributed by atoms with Crippen molar-refractivity contribution in [3.8, 4) is 23.5 Å². The third kappa shape index (κ3) is 5.30. The van der Waals surface area contributed by atoms with Crippen molar-refractivity contribution in [1.82, 2.24) is 5.43 Å². The summed E-state index contributed by atoms with van der Waals surface area (Å²) in [5, 5.41) is 23.7. The maximum atomic E-state index is 10.3. The lowest BCUT2D eigenvalue weighted by molar-refractivity contribution is 0.332. The Balaban J connectivity index is 2.50. The van der Waals surface area contributed by atoms with Crippen LogP contribution in [0.2, 0.25) is 0 Å². The van der Waals surface area contributed by atoms with Crippen molar-refractivity contribution in [3.63, 3.8) is 0 Å². The third-order valence-corrected chi connectivity index (χ3v) is 4.02. The van der Waals surface area contributed by atoms with E-state index < -0.39 is 0 Å². The minimum absolute atomic E-state index is 0.184. The molecule has 0 unspecified atom stereocenters. The van der Waals surface area contributed by atoms with E-state index in [2.05, 4.69) is 16.4 Å². The molecule has 0 saturated carbocycles. The van der Waals surface area contributed by atoms with Crippen LogP contribution in [-0.2, 0) is 0 Å². The summed E-state index contributed by atoms with van der Waals surface area (Å²) in [5.74, 6) is 2.55.